The van der Waals surface area contributed by atoms with E-state index in [4.69, 9.17) is 14.2 Å². The molecule has 8 heteroatoms. The second-order valence-electron chi connectivity index (χ2n) is 7.96. The van der Waals surface area contributed by atoms with E-state index < -0.39 is 5.82 Å². The highest BCUT2D eigenvalue weighted by molar-refractivity contribution is 5.78. The van der Waals surface area contributed by atoms with Crippen LogP contribution in [0.2, 0.25) is 0 Å². The van der Waals surface area contributed by atoms with E-state index in [-0.39, 0.29) is 11.7 Å². The predicted octanol–water partition coefficient (Wildman–Crippen LogP) is 2.63. The van der Waals surface area contributed by atoms with Crippen LogP contribution in [0.25, 0.3) is 0 Å². The summed E-state index contributed by atoms with van der Waals surface area (Å²) in [5.74, 6) is 1.26. The first-order chi connectivity index (χ1) is 15.4. The Labute approximate surface area is 189 Å². The summed E-state index contributed by atoms with van der Waals surface area (Å²) in [5, 5.41) is 0. The van der Waals surface area contributed by atoms with Crippen LogP contribution in [0.15, 0.2) is 36.4 Å². The number of hydrogen-bond acceptors (Lipinski definition) is 6. The molecule has 0 spiro atoms. The molecule has 0 saturated carbocycles. The summed E-state index contributed by atoms with van der Waals surface area (Å²) in [6.45, 7) is 4.96. The standard InChI is InChI=1S/C24H32FN3O4/c1-26(15-18-5-7-21(30-2)20(25)13-18)24(29)17-28-11-9-27(10-12-28)16-19-6-8-22(31-3)23(14-19)32-4/h5-8,13-14H,9-12,15-17H2,1-4H3. The fraction of sp³-hybridized carbons (Fsp3) is 0.458. The molecule has 1 saturated heterocycles. The van der Waals surface area contributed by atoms with Crippen LogP contribution < -0.4 is 14.2 Å². The average molecular weight is 446 g/mol. The van der Waals surface area contributed by atoms with Gasteiger partial charge in [-0.25, -0.2) is 4.39 Å². The molecule has 0 radical (unpaired) electrons. The molecule has 0 aliphatic carbocycles. The fourth-order valence-corrected chi connectivity index (χ4v) is 3.82. The van der Waals surface area contributed by atoms with Crippen molar-refractivity contribution in [1.29, 1.82) is 0 Å². The molecule has 2 aromatic carbocycles. The number of halogens is 1. The van der Waals surface area contributed by atoms with Crippen LogP contribution in [-0.4, -0.2) is 81.7 Å². The first kappa shape index (κ1) is 23.8. The van der Waals surface area contributed by atoms with Crippen LogP contribution >= 0.6 is 0 Å². The number of piperazine rings is 1. The maximum atomic E-state index is 13.9. The van der Waals surface area contributed by atoms with E-state index in [0.717, 1.165) is 49.8 Å². The lowest BCUT2D eigenvalue weighted by Gasteiger charge is -2.35. The van der Waals surface area contributed by atoms with Gasteiger partial charge in [0.2, 0.25) is 5.91 Å². The van der Waals surface area contributed by atoms with Gasteiger partial charge in [-0.15, -0.1) is 0 Å². The Balaban J connectivity index is 1.46. The summed E-state index contributed by atoms with van der Waals surface area (Å²) < 4.78 is 29.5. The van der Waals surface area contributed by atoms with Crippen molar-refractivity contribution in [2.24, 2.45) is 0 Å². The van der Waals surface area contributed by atoms with Gasteiger partial charge in [-0.05, 0) is 35.4 Å². The van der Waals surface area contributed by atoms with E-state index in [1.807, 2.05) is 18.2 Å². The molecule has 0 aromatic heterocycles. The van der Waals surface area contributed by atoms with Gasteiger partial charge in [-0.1, -0.05) is 12.1 Å². The normalized spacial score (nSPS) is 14.8. The van der Waals surface area contributed by atoms with Gasteiger partial charge < -0.3 is 19.1 Å². The molecule has 1 fully saturated rings. The third-order valence-corrected chi connectivity index (χ3v) is 5.74. The molecule has 0 bridgehead atoms. The molecule has 1 aliphatic rings. The lowest BCUT2D eigenvalue weighted by atomic mass is 10.1. The Morgan fingerprint density at radius 3 is 2.09 bits per heavy atom. The summed E-state index contributed by atoms with van der Waals surface area (Å²) in [4.78, 5) is 18.8. The molecule has 174 valence electrons. The highest BCUT2D eigenvalue weighted by Gasteiger charge is 2.21. The number of amides is 1. The lowest BCUT2D eigenvalue weighted by Crippen LogP contribution is -2.49. The lowest BCUT2D eigenvalue weighted by molar-refractivity contribution is -0.132. The molecule has 0 unspecified atom stereocenters. The maximum Gasteiger partial charge on any atom is 0.236 e. The number of hydrogen-bond donors (Lipinski definition) is 0. The van der Waals surface area contributed by atoms with Gasteiger partial charge in [0, 0.05) is 46.3 Å². The van der Waals surface area contributed by atoms with Gasteiger partial charge in [0.25, 0.3) is 0 Å². The van der Waals surface area contributed by atoms with E-state index in [9.17, 15) is 9.18 Å². The van der Waals surface area contributed by atoms with Crippen molar-refractivity contribution in [3.8, 4) is 17.2 Å². The maximum absolute atomic E-state index is 13.9. The summed E-state index contributed by atoms with van der Waals surface area (Å²) in [6.07, 6.45) is 0. The Morgan fingerprint density at radius 2 is 1.47 bits per heavy atom. The Morgan fingerprint density at radius 1 is 0.875 bits per heavy atom. The Kier molecular flexibility index (Phi) is 8.30. The van der Waals surface area contributed by atoms with Gasteiger partial charge >= 0.3 is 0 Å². The predicted molar refractivity (Wildman–Crippen MR) is 121 cm³/mol. The van der Waals surface area contributed by atoms with E-state index >= 15 is 0 Å². The van der Waals surface area contributed by atoms with Crippen LogP contribution in [0.3, 0.4) is 0 Å². The van der Waals surface area contributed by atoms with Crippen LogP contribution in [0.1, 0.15) is 11.1 Å². The Bertz CT molecular complexity index is 916. The van der Waals surface area contributed by atoms with Crippen molar-refractivity contribution >= 4 is 5.91 Å². The van der Waals surface area contributed by atoms with E-state index in [0.29, 0.717) is 13.1 Å². The minimum Gasteiger partial charge on any atom is -0.494 e. The number of carbonyl (C=O) groups is 1. The Hall–Kier alpha value is -2.84. The average Bonchev–Trinajstić information content (AvgIpc) is 2.80. The largest absolute Gasteiger partial charge is 0.494 e. The smallest absolute Gasteiger partial charge is 0.236 e. The van der Waals surface area contributed by atoms with Gasteiger partial charge in [0.05, 0.1) is 27.9 Å². The molecule has 1 heterocycles. The summed E-state index contributed by atoms with van der Waals surface area (Å²) in [5.41, 5.74) is 1.90. The van der Waals surface area contributed by atoms with E-state index in [1.54, 1.807) is 38.3 Å². The number of ether oxygens (including phenoxy) is 3. The molecule has 1 amide bonds. The topological polar surface area (TPSA) is 54.5 Å². The zero-order valence-corrected chi connectivity index (χ0v) is 19.3. The van der Waals surface area contributed by atoms with Gasteiger partial charge in [-0.2, -0.15) is 0 Å². The quantitative estimate of drug-likeness (QED) is 0.592. The van der Waals surface area contributed by atoms with Gasteiger partial charge in [0.1, 0.15) is 0 Å². The minimum absolute atomic E-state index is 0.0227. The molecule has 0 N–H and O–H groups in total. The van der Waals surface area contributed by atoms with Gasteiger partial charge in [-0.3, -0.25) is 14.6 Å². The van der Waals surface area contributed by atoms with Gasteiger partial charge in [0.15, 0.2) is 23.1 Å². The number of methoxy groups -OCH3 is 3. The number of likely N-dealkylation sites (N-methyl/N-ethyl adjacent to an activating group) is 1. The highest BCUT2D eigenvalue weighted by Crippen LogP contribution is 2.28. The highest BCUT2D eigenvalue weighted by atomic mass is 19.1. The van der Waals surface area contributed by atoms with Crippen molar-refractivity contribution in [3.05, 3.63) is 53.3 Å². The molecule has 7 nitrogen and oxygen atoms in total. The van der Waals surface area contributed by atoms with Crippen molar-refractivity contribution in [1.82, 2.24) is 14.7 Å². The number of rotatable bonds is 9. The third-order valence-electron chi connectivity index (χ3n) is 5.74. The molecule has 3 rings (SSSR count). The summed E-state index contributed by atoms with van der Waals surface area (Å²) in [7, 11) is 6.45. The summed E-state index contributed by atoms with van der Waals surface area (Å²) in [6, 6.07) is 10.8. The van der Waals surface area contributed by atoms with E-state index in [2.05, 4.69) is 9.80 Å². The number of nitrogens with zero attached hydrogens (tertiary/aromatic N) is 3. The van der Waals surface area contributed by atoms with Crippen LogP contribution in [0, 0.1) is 5.82 Å². The second-order valence-corrected chi connectivity index (χ2v) is 7.96. The molecular weight excluding hydrogens is 413 g/mol. The monoisotopic (exact) mass is 445 g/mol. The van der Waals surface area contributed by atoms with Crippen LogP contribution in [0.4, 0.5) is 4.39 Å². The van der Waals surface area contributed by atoms with E-state index in [1.165, 1.54) is 18.7 Å². The number of carbonyl (C=O) groups excluding carboxylic acids is 1. The van der Waals surface area contributed by atoms with Crippen molar-refractivity contribution in [3.63, 3.8) is 0 Å². The molecule has 1 aliphatic heterocycles. The SMILES string of the molecule is COc1ccc(CN(C)C(=O)CN2CCN(Cc3ccc(OC)c(OC)c3)CC2)cc1F. The summed E-state index contributed by atoms with van der Waals surface area (Å²) >= 11 is 0. The number of benzene rings is 2. The minimum atomic E-state index is -0.420. The first-order valence-electron chi connectivity index (χ1n) is 10.7. The van der Waals surface area contributed by atoms with Crippen molar-refractivity contribution in [2.45, 2.75) is 13.1 Å². The zero-order valence-electron chi connectivity index (χ0n) is 19.3. The fourth-order valence-electron chi connectivity index (χ4n) is 3.82. The zero-order chi connectivity index (χ0) is 23.1. The molecule has 0 atom stereocenters. The molecular formula is C24H32FN3O4. The second kappa shape index (κ2) is 11.2. The van der Waals surface area contributed by atoms with Crippen LogP contribution in [0.5, 0.6) is 17.2 Å². The van der Waals surface area contributed by atoms with Crippen molar-refractivity contribution in [2.75, 3.05) is 61.1 Å². The third kappa shape index (κ3) is 6.11. The first-order valence-corrected chi connectivity index (χ1v) is 10.7. The molecule has 2 aromatic rings. The van der Waals surface area contributed by atoms with Crippen molar-refractivity contribution < 1.29 is 23.4 Å². The molecule has 32 heavy (non-hydrogen) atoms. The van der Waals surface area contributed by atoms with Crippen LogP contribution in [-0.2, 0) is 17.9 Å².